The van der Waals surface area contributed by atoms with Crippen LogP contribution in [0.4, 0.5) is 0 Å². The van der Waals surface area contributed by atoms with E-state index in [1.54, 1.807) is 37.3 Å². The number of carbonyl (C=O) groups excluding carboxylic acids is 1. The van der Waals surface area contributed by atoms with Gasteiger partial charge in [-0.3, -0.25) is 10.1 Å². The van der Waals surface area contributed by atoms with Crippen molar-refractivity contribution >= 4 is 11.9 Å². The molecular weight excluding hydrogens is 286 g/mol. The number of carboxylic acids is 1. The van der Waals surface area contributed by atoms with E-state index in [0.29, 0.717) is 11.3 Å². The average Bonchev–Trinajstić information content (AvgIpc) is 2.97. The highest BCUT2D eigenvalue weighted by atomic mass is 16.5. The molecule has 0 aliphatic rings. The molecule has 2 N–H and O–H groups in total. The van der Waals surface area contributed by atoms with E-state index in [0.717, 1.165) is 0 Å². The summed E-state index contributed by atoms with van der Waals surface area (Å²) < 4.78 is 10.2. The van der Waals surface area contributed by atoms with Gasteiger partial charge in [-0.2, -0.15) is 0 Å². The van der Waals surface area contributed by atoms with Crippen LogP contribution in [0.2, 0.25) is 0 Å². The molecule has 0 spiro atoms. The lowest BCUT2D eigenvalue weighted by Gasteiger charge is -2.13. The minimum Gasteiger partial charge on any atom is -0.480 e. The summed E-state index contributed by atoms with van der Waals surface area (Å²) >= 11 is 0. The van der Waals surface area contributed by atoms with Crippen LogP contribution in [0.1, 0.15) is 34.8 Å². The third kappa shape index (κ3) is 3.95. The zero-order valence-electron chi connectivity index (χ0n) is 12.1. The molecule has 2 aromatic rings. The topological polar surface area (TPSA) is 88.8 Å². The zero-order chi connectivity index (χ0) is 15.9. The van der Waals surface area contributed by atoms with Crippen molar-refractivity contribution in [2.45, 2.75) is 19.5 Å². The van der Waals surface area contributed by atoms with Gasteiger partial charge in [0.05, 0.1) is 13.2 Å². The summed E-state index contributed by atoms with van der Waals surface area (Å²) in [5.41, 5.74) is 0.646. The smallest absolute Gasteiger partial charge is 0.374 e. The Morgan fingerprint density at radius 3 is 2.59 bits per heavy atom. The number of carbonyl (C=O) groups is 2. The van der Waals surface area contributed by atoms with Gasteiger partial charge in [-0.1, -0.05) is 30.3 Å². The SMILES string of the molecule is CCOC(=O)c1ccc(CN[C@H](C(=O)O)c2ccccc2)o1. The first kappa shape index (κ1) is 15.8. The van der Waals surface area contributed by atoms with Crippen molar-refractivity contribution in [1.29, 1.82) is 0 Å². The highest BCUT2D eigenvalue weighted by molar-refractivity contribution is 5.86. The largest absolute Gasteiger partial charge is 0.480 e. The fourth-order valence-corrected chi connectivity index (χ4v) is 1.98. The molecule has 0 unspecified atom stereocenters. The fraction of sp³-hybridized carbons (Fsp3) is 0.250. The highest BCUT2D eigenvalue weighted by Gasteiger charge is 2.20. The maximum atomic E-state index is 11.5. The molecule has 2 rings (SSSR count). The Morgan fingerprint density at radius 2 is 1.95 bits per heavy atom. The van der Waals surface area contributed by atoms with Crippen molar-refractivity contribution in [1.82, 2.24) is 5.32 Å². The van der Waals surface area contributed by atoms with Crippen LogP contribution in [0.3, 0.4) is 0 Å². The maximum Gasteiger partial charge on any atom is 0.374 e. The summed E-state index contributed by atoms with van der Waals surface area (Å²) in [6, 6.07) is 11.1. The van der Waals surface area contributed by atoms with Crippen molar-refractivity contribution in [3.05, 3.63) is 59.5 Å². The van der Waals surface area contributed by atoms with Gasteiger partial charge >= 0.3 is 11.9 Å². The van der Waals surface area contributed by atoms with Crippen LogP contribution in [-0.2, 0) is 16.1 Å². The number of carboxylic acid groups (broad SMARTS) is 1. The van der Waals surface area contributed by atoms with E-state index in [1.807, 2.05) is 6.07 Å². The summed E-state index contributed by atoms with van der Waals surface area (Å²) in [6.45, 7) is 2.16. The second kappa shape index (κ2) is 7.42. The number of ether oxygens (including phenoxy) is 1. The van der Waals surface area contributed by atoms with Gasteiger partial charge in [0.25, 0.3) is 0 Å². The molecule has 0 aliphatic heterocycles. The molecule has 0 amide bonds. The number of furan rings is 1. The number of hydrogen-bond donors (Lipinski definition) is 2. The molecule has 1 aromatic heterocycles. The molecule has 0 radical (unpaired) electrons. The molecule has 0 saturated heterocycles. The molecule has 0 aliphatic carbocycles. The Morgan fingerprint density at radius 1 is 1.23 bits per heavy atom. The number of esters is 1. The van der Waals surface area contributed by atoms with Crippen molar-refractivity contribution in [2.24, 2.45) is 0 Å². The van der Waals surface area contributed by atoms with Gasteiger partial charge in [0.2, 0.25) is 5.76 Å². The van der Waals surface area contributed by atoms with Crippen molar-refractivity contribution in [3.8, 4) is 0 Å². The predicted molar refractivity (Wildman–Crippen MR) is 78.3 cm³/mol. The lowest BCUT2D eigenvalue weighted by atomic mass is 10.1. The number of benzene rings is 1. The molecular formula is C16H17NO5. The van der Waals surface area contributed by atoms with Gasteiger partial charge in [-0.15, -0.1) is 0 Å². The van der Waals surface area contributed by atoms with E-state index in [-0.39, 0.29) is 18.9 Å². The van der Waals surface area contributed by atoms with Crippen LogP contribution >= 0.6 is 0 Å². The Kier molecular flexibility index (Phi) is 5.32. The second-order valence-electron chi connectivity index (χ2n) is 4.55. The maximum absolute atomic E-state index is 11.5. The van der Waals surface area contributed by atoms with Crippen LogP contribution in [0.25, 0.3) is 0 Å². The Hall–Kier alpha value is -2.60. The average molecular weight is 303 g/mol. The van der Waals surface area contributed by atoms with Gasteiger partial charge in [-0.25, -0.2) is 4.79 Å². The van der Waals surface area contributed by atoms with Gasteiger partial charge in [0.1, 0.15) is 11.8 Å². The Balaban J connectivity index is 2.01. The fourth-order valence-electron chi connectivity index (χ4n) is 1.98. The lowest BCUT2D eigenvalue weighted by Crippen LogP contribution is -2.27. The van der Waals surface area contributed by atoms with E-state index < -0.39 is 18.0 Å². The Bertz CT molecular complexity index is 635. The van der Waals surface area contributed by atoms with E-state index in [1.165, 1.54) is 6.07 Å². The number of hydrogen-bond acceptors (Lipinski definition) is 5. The van der Waals surface area contributed by atoms with E-state index >= 15 is 0 Å². The molecule has 0 saturated carbocycles. The van der Waals surface area contributed by atoms with Gasteiger partial charge in [-0.05, 0) is 24.6 Å². The zero-order valence-corrected chi connectivity index (χ0v) is 12.1. The number of rotatable bonds is 7. The molecule has 1 atom stereocenters. The van der Waals surface area contributed by atoms with Gasteiger partial charge in [0, 0.05) is 0 Å². The normalized spacial score (nSPS) is 11.9. The summed E-state index contributed by atoms with van der Waals surface area (Å²) in [7, 11) is 0. The minimum absolute atomic E-state index is 0.102. The number of nitrogens with one attached hydrogen (secondary N) is 1. The Labute approximate surface area is 127 Å². The first-order valence-electron chi connectivity index (χ1n) is 6.88. The lowest BCUT2D eigenvalue weighted by molar-refractivity contribution is -0.139. The molecule has 6 heteroatoms. The molecule has 0 fully saturated rings. The summed E-state index contributed by atoms with van der Waals surface area (Å²) in [6.07, 6.45) is 0. The van der Waals surface area contributed by atoms with E-state index in [2.05, 4.69) is 5.32 Å². The van der Waals surface area contributed by atoms with Gasteiger partial charge < -0.3 is 14.3 Å². The van der Waals surface area contributed by atoms with Crippen LogP contribution in [0, 0.1) is 0 Å². The molecule has 22 heavy (non-hydrogen) atoms. The van der Waals surface area contributed by atoms with Crippen molar-refractivity contribution in [3.63, 3.8) is 0 Å². The summed E-state index contributed by atoms with van der Waals surface area (Å²) in [4.78, 5) is 22.8. The van der Waals surface area contributed by atoms with Crippen LogP contribution < -0.4 is 5.32 Å². The van der Waals surface area contributed by atoms with Crippen molar-refractivity contribution in [2.75, 3.05) is 6.61 Å². The highest BCUT2D eigenvalue weighted by Crippen LogP contribution is 2.15. The summed E-state index contributed by atoms with van der Waals surface area (Å²) in [5.74, 6) is -0.953. The molecule has 116 valence electrons. The predicted octanol–water partition coefficient (Wildman–Crippen LogP) is 2.37. The van der Waals surface area contributed by atoms with Crippen LogP contribution in [0.5, 0.6) is 0 Å². The molecule has 1 heterocycles. The monoisotopic (exact) mass is 303 g/mol. The first-order chi connectivity index (χ1) is 10.6. The van der Waals surface area contributed by atoms with Crippen LogP contribution in [0.15, 0.2) is 46.9 Å². The second-order valence-corrected chi connectivity index (χ2v) is 4.55. The van der Waals surface area contributed by atoms with E-state index in [9.17, 15) is 14.7 Å². The van der Waals surface area contributed by atoms with Crippen LogP contribution in [-0.4, -0.2) is 23.7 Å². The van der Waals surface area contributed by atoms with Gasteiger partial charge in [0.15, 0.2) is 0 Å². The molecule has 0 bridgehead atoms. The minimum atomic E-state index is -0.983. The number of aliphatic carboxylic acids is 1. The third-order valence-electron chi connectivity index (χ3n) is 3.00. The molecule has 6 nitrogen and oxygen atoms in total. The standard InChI is InChI=1S/C16H17NO5/c1-2-21-16(20)13-9-8-12(22-13)10-17-14(15(18)19)11-6-4-3-5-7-11/h3-9,14,17H,2,10H2,1H3,(H,18,19)/t14-/m0/s1. The van der Waals surface area contributed by atoms with E-state index in [4.69, 9.17) is 9.15 Å². The summed E-state index contributed by atoms with van der Waals surface area (Å²) in [5, 5.41) is 12.2. The first-order valence-corrected chi connectivity index (χ1v) is 6.88. The third-order valence-corrected chi connectivity index (χ3v) is 3.00. The quantitative estimate of drug-likeness (QED) is 0.763. The molecule has 1 aromatic carbocycles. The van der Waals surface area contributed by atoms with Crippen molar-refractivity contribution < 1.29 is 23.8 Å².